The van der Waals surface area contributed by atoms with Crippen LogP contribution in [-0.2, 0) is 0 Å². The summed E-state index contributed by atoms with van der Waals surface area (Å²) in [5.41, 5.74) is 6.80. The standard InChI is InChI=1S/C11H17N3O/c1-8-7-14(6-4-10(8)15)9-3-2-5-13-11(9)12/h2-3,5,8,10,15H,4,6-7H2,1H3,(H2,12,13). The summed E-state index contributed by atoms with van der Waals surface area (Å²) in [7, 11) is 0. The van der Waals surface area contributed by atoms with Crippen LogP contribution in [0.25, 0.3) is 0 Å². The molecule has 2 rings (SSSR count). The number of rotatable bonds is 1. The molecule has 2 unspecified atom stereocenters. The Morgan fingerprint density at radius 1 is 1.60 bits per heavy atom. The van der Waals surface area contributed by atoms with Crippen LogP contribution in [0, 0.1) is 5.92 Å². The molecular weight excluding hydrogens is 190 g/mol. The number of nitrogens with zero attached hydrogens (tertiary/aromatic N) is 2. The summed E-state index contributed by atoms with van der Waals surface area (Å²) < 4.78 is 0. The van der Waals surface area contributed by atoms with Gasteiger partial charge in [0.15, 0.2) is 0 Å². The van der Waals surface area contributed by atoms with E-state index in [0.717, 1.165) is 25.2 Å². The number of hydrogen-bond donors (Lipinski definition) is 2. The minimum atomic E-state index is -0.181. The molecule has 0 aliphatic carbocycles. The Bertz CT molecular complexity index is 342. The molecule has 0 aromatic carbocycles. The third-order valence-corrected chi connectivity index (χ3v) is 3.02. The van der Waals surface area contributed by atoms with Crippen LogP contribution in [0.2, 0.25) is 0 Å². The summed E-state index contributed by atoms with van der Waals surface area (Å²) in [6.45, 7) is 3.75. The molecule has 82 valence electrons. The Kier molecular flexibility index (Phi) is 2.77. The molecule has 1 aromatic heterocycles. The number of piperidine rings is 1. The molecule has 1 aromatic rings. The fourth-order valence-corrected chi connectivity index (χ4v) is 2.03. The van der Waals surface area contributed by atoms with Crippen molar-refractivity contribution in [3.63, 3.8) is 0 Å². The monoisotopic (exact) mass is 207 g/mol. The highest BCUT2D eigenvalue weighted by Gasteiger charge is 2.25. The first-order valence-corrected chi connectivity index (χ1v) is 5.32. The first kappa shape index (κ1) is 10.2. The second-order valence-corrected chi connectivity index (χ2v) is 4.19. The van der Waals surface area contributed by atoms with Gasteiger partial charge in [-0.2, -0.15) is 0 Å². The zero-order valence-corrected chi connectivity index (χ0v) is 8.93. The molecule has 1 saturated heterocycles. The lowest BCUT2D eigenvalue weighted by Crippen LogP contribution is -2.42. The second-order valence-electron chi connectivity index (χ2n) is 4.19. The minimum Gasteiger partial charge on any atom is -0.393 e. The topological polar surface area (TPSA) is 62.4 Å². The molecule has 0 spiro atoms. The average Bonchev–Trinajstić information content (AvgIpc) is 2.23. The SMILES string of the molecule is CC1CN(c2cccnc2N)CCC1O. The fourth-order valence-electron chi connectivity index (χ4n) is 2.03. The van der Waals surface area contributed by atoms with Crippen molar-refractivity contribution < 1.29 is 5.11 Å². The van der Waals surface area contributed by atoms with Gasteiger partial charge in [0.05, 0.1) is 11.8 Å². The summed E-state index contributed by atoms with van der Waals surface area (Å²) in [4.78, 5) is 6.27. The lowest BCUT2D eigenvalue weighted by atomic mass is 9.96. The first-order chi connectivity index (χ1) is 7.18. The van der Waals surface area contributed by atoms with Crippen LogP contribution in [-0.4, -0.2) is 29.3 Å². The molecule has 2 atom stereocenters. The zero-order chi connectivity index (χ0) is 10.8. The van der Waals surface area contributed by atoms with Crippen molar-refractivity contribution in [3.05, 3.63) is 18.3 Å². The van der Waals surface area contributed by atoms with Crippen molar-refractivity contribution in [3.8, 4) is 0 Å². The smallest absolute Gasteiger partial charge is 0.146 e. The van der Waals surface area contributed by atoms with E-state index in [2.05, 4.69) is 16.8 Å². The average molecular weight is 207 g/mol. The van der Waals surface area contributed by atoms with Crippen molar-refractivity contribution in [2.75, 3.05) is 23.7 Å². The highest BCUT2D eigenvalue weighted by atomic mass is 16.3. The van der Waals surface area contributed by atoms with Gasteiger partial charge in [-0.1, -0.05) is 6.92 Å². The van der Waals surface area contributed by atoms with Crippen LogP contribution in [0.4, 0.5) is 11.5 Å². The van der Waals surface area contributed by atoms with Gasteiger partial charge in [-0.25, -0.2) is 4.98 Å². The minimum absolute atomic E-state index is 0.181. The van der Waals surface area contributed by atoms with E-state index >= 15 is 0 Å². The van der Waals surface area contributed by atoms with Gasteiger partial charge in [0, 0.05) is 19.3 Å². The number of pyridine rings is 1. The number of nitrogen functional groups attached to an aromatic ring is 1. The maximum Gasteiger partial charge on any atom is 0.146 e. The highest BCUT2D eigenvalue weighted by Crippen LogP contribution is 2.26. The van der Waals surface area contributed by atoms with E-state index in [9.17, 15) is 5.11 Å². The third kappa shape index (κ3) is 2.04. The Morgan fingerprint density at radius 2 is 2.40 bits per heavy atom. The molecule has 0 radical (unpaired) electrons. The number of aliphatic hydroxyl groups is 1. The summed E-state index contributed by atoms with van der Waals surface area (Å²) in [6, 6.07) is 3.87. The molecule has 0 amide bonds. The summed E-state index contributed by atoms with van der Waals surface area (Å²) in [5, 5.41) is 9.64. The van der Waals surface area contributed by atoms with E-state index in [0.29, 0.717) is 11.7 Å². The largest absolute Gasteiger partial charge is 0.393 e. The van der Waals surface area contributed by atoms with E-state index in [-0.39, 0.29) is 6.10 Å². The Morgan fingerprint density at radius 3 is 3.07 bits per heavy atom. The molecule has 3 N–H and O–H groups in total. The van der Waals surface area contributed by atoms with E-state index in [4.69, 9.17) is 5.73 Å². The summed E-state index contributed by atoms with van der Waals surface area (Å²) >= 11 is 0. The Hall–Kier alpha value is -1.29. The van der Waals surface area contributed by atoms with Crippen LogP contribution >= 0.6 is 0 Å². The van der Waals surface area contributed by atoms with E-state index in [1.165, 1.54) is 0 Å². The van der Waals surface area contributed by atoms with Crippen LogP contribution in [0.1, 0.15) is 13.3 Å². The first-order valence-electron chi connectivity index (χ1n) is 5.32. The number of anilines is 2. The number of aliphatic hydroxyl groups excluding tert-OH is 1. The van der Waals surface area contributed by atoms with E-state index in [1.54, 1.807) is 6.20 Å². The number of aromatic nitrogens is 1. The predicted octanol–water partition coefficient (Wildman–Crippen LogP) is 0.871. The summed E-state index contributed by atoms with van der Waals surface area (Å²) in [5.74, 6) is 0.861. The molecule has 15 heavy (non-hydrogen) atoms. The lowest BCUT2D eigenvalue weighted by molar-refractivity contribution is 0.0971. The van der Waals surface area contributed by atoms with Gasteiger partial charge in [0.2, 0.25) is 0 Å². The highest BCUT2D eigenvalue weighted by molar-refractivity contribution is 5.63. The van der Waals surface area contributed by atoms with Crippen LogP contribution in [0.15, 0.2) is 18.3 Å². The van der Waals surface area contributed by atoms with Gasteiger partial charge >= 0.3 is 0 Å². The lowest BCUT2D eigenvalue weighted by Gasteiger charge is -2.36. The van der Waals surface area contributed by atoms with Gasteiger partial charge < -0.3 is 15.7 Å². The molecule has 4 nitrogen and oxygen atoms in total. The van der Waals surface area contributed by atoms with Gasteiger partial charge in [-0.3, -0.25) is 0 Å². The Labute approximate surface area is 89.7 Å². The van der Waals surface area contributed by atoms with Gasteiger partial charge in [0.25, 0.3) is 0 Å². The van der Waals surface area contributed by atoms with Crippen molar-refractivity contribution in [2.24, 2.45) is 5.92 Å². The molecule has 0 bridgehead atoms. The van der Waals surface area contributed by atoms with Crippen LogP contribution in [0.3, 0.4) is 0 Å². The molecule has 0 saturated carbocycles. The van der Waals surface area contributed by atoms with Crippen molar-refractivity contribution >= 4 is 11.5 Å². The normalized spacial score (nSPS) is 26.7. The van der Waals surface area contributed by atoms with Crippen LogP contribution < -0.4 is 10.6 Å². The van der Waals surface area contributed by atoms with Crippen LogP contribution in [0.5, 0.6) is 0 Å². The molecule has 1 aliphatic heterocycles. The maximum atomic E-state index is 9.64. The fraction of sp³-hybridized carbons (Fsp3) is 0.545. The summed E-state index contributed by atoms with van der Waals surface area (Å²) in [6.07, 6.45) is 2.32. The Balaban J connectivity index is 2.15. The van der Waals surface area contributed by atoms with E-state index < -0.39 is 0 Å². The van der Waals surface area contributed by atoms with E-state index in [1.807, 2.05) is 12.1 Å². The number of nitrogens with two attached hydrogens (primary N) is 1. The van der Waals surface area contributed by atoms with Crippen molar-refractivity contribution in [2.45, 2.75) is 19.4 Å². The molecule has 1 fully saturated rings. The molecular formula is C11H17N3O. The number of hydrogen-bond acceptors (Lipinski definition) is 4. The molecule has 4 heteroatoms. The predicted molar refractivity (Wildman–Crippen MR) is 60.7 cm³/mol. The molecule has 1 aliphatic rings. The van der Waals surface area contributed by atoms with Crippen molar-refractivity contribution in [1.82, 2.24) is 4.98 Å². The van der Waals surface area contributed by atoms with Gasteiger partial charge in [-0.05, 0) is 24.5 Å². The van der Waals surface area contributed by atoms with Gasteiger partial charge in [0.1, 0.15) is 5.82 Å². The second kappa shape index (κ2) is 4.06. The maximum absolute atomic E-state index is 9.64. The molecule has 2 heterocycles. The van der Waals surface area contributed by atoms with Gasteiger partial charge in [-0.15, -0.1) is 0 Å². The third-order valence-electron chi connectivity index (χ3n) is 3.02. The quantitative estimate of drug-likeness (QED) is 0.717. The zero-order valence-electron chi connectivity index (χ0n) is 8.93. The van der Waals surface area contributed by atoms with Crippen molar-refractivity contribution in [1.29, 1.82) is 0 Å².